The maximum atomic E-state index is 11.7. The molecule has 1 fully saturated rings. The smallest absolute Gasteiger partial charge is 0.407 e. The molecule has 1 atom stereocenters. The normalized spacial score (nSPS) is 19.0. The van der Waals surface area contributed by atoms with Gasteiger partial charge in [0.1, 0.15) is 18.0 Å². The maximum Gasteiger partial charge on any atom is 0.407 e. The van der Waals surface area contributed by atoms with Crippen molar-refractivity contribution in [1.29, 1.82) is 0 Å². The third-order valence-electron chi connectivity index (χ3n) is 3.41. The summed E-state index contributed by atoms with van der Waals surface area (Å²) < 4.78 is 11.0. The number of alkyl carbamates (subject to hydrolysis) is 1. The Morgan fingerprint density at radius 3 is 2.73 bits per heavy atom. The summed E-state index contributed by atoms with van der Waals surface area (Å²) in [5, 5.41) is 2.93. The predicted octanol–water partition coefficient (Wildman–Crippen LogP) is 2.66. The van der Waals surface area contributed by atoms with E-state index in [0.29, 0.717) is 6.61 Å². The van der Waals surface area contributed by atoms with Crippen molar-refractivity contribution in [2.24, 2.45) is 0 Å². The minimum atomic E-state index is -0.452. The van der Waals surface area contributed by atoms with Crippen LogP contribution in [0.2, 0.25) is 0 Å². The van der Waals surface area contributed by atoms with Gasteiger partial charge in [-0.2, -0.15) is 0 Å². The van der Waals surface area contributed by atoms with E-state index >= 15 is 0 Å². The molecule has 0 spiro atoms. The zero-order chi connectivity index (χ0) is 16.0. The number of hydrogen-bond acceptors (Lipinski definition) is 4. The van der Waals surface area contributed by atoms with E-state index in [1.54, 1.807) is 0 Å². The van der Waals surface area contributed by atoms with Crippen molar-refractivity contribution in [1.82, 2.24) is 10.2 Å². The third kappa shape index (κ3) is 5.93. The lowest BCUT2D eigenvalue weighted by molar-refractivity contribution is 0.0505. The van der Waals surface area contributed by atoms with E-state index < -0.39 is 5.60 Å². The Morgan fingerprint density at radius 2 is 2.05 bits per heavy atom. The molecular formula is C17H26N2O3. The molecule has 1 saturated heterocycles. The fraction of sp³-hybridized carbons (Fsp3) is 0.588. The van der Waals surface area contributed by atoms with Crippen LogP contribution < -0.4 is 10.1 Å². The summed E-state index contributed by atoms with van der Waals surface area (Å²) in [6.07, 6.45) is 0.616. The highest BCUT2D eigenvalue weighted by Crippen LogP contribution is 2.12. The van der Waals surface area contributed by atoms with E-state index in [1.165, 1.54) is 0 Å². The molecule has 0 radical (unpaired) electrons. The molecule has 0 aromatic heterocycles. The minimum absolute atomic E-state index is 0.159. The highest BCUT2D eigenvalue weighted by molar-refractivity contribution is 5.68. The van der Waals surface area contributed by atoms with Gasteiger partial charge in [0, 0.05) is 25.7 Å². The van der Waals surface area contributed by atoms with Crippen molar-refractivity contribution < 1.29 is 14.3 Å². The molecule has 1 N–H and O–H groups in total. The number of nitrogens with zero attached hydrogens (tertiary/aromatic N) is 1. The second kappa shape index (κ2) is 7.49. The number of amides is 1. The average Bonchev–Trinajstić information content (AvgIpc) is 2.85. The molecule has 1 amide bonds. The van der Waals surface area contributed by atoms with E-state index in [1.807, 2.05) is 51.1 Å². The van der Waals surface area contributed by atoms with Gasteiger partial charge in [0.15, 0.2) is 0 Å². The number of carbonyl (C=O) groups is 1. The van der Waals surface area contributed by atoms with Crippen LogP contribution in [0.1, 0.15) is 27.2 Å². The third-order valence-corrected chi connectivity index (χ3v) is 3.41. The predicted molar refractivity (Wildman–Crippen MR) is 86.2 cm³/mol. The largest absolute Gasteiger partial charge is 0.492 e. The zero-order valence-corrected chi connectivity index (χ0v) is 13.7. The Hall–Kier alpha value is -1.75. The van der Waals surface area contributed by atoms with Crippen LogP contribution in [0.15, 0.2) is 30.3 Å². The van der Waals surface area contributed by atoms with Crippen LogP contribution >= 0.6 is 0 Å². The number of benzene rings is 1. The van der Waals surface area contributed by atoms with Crippen LogP contribution in [-0.4, -0.2) is 48.9 Å². The van der Waals surface area contributed by atoms with Crippen LogP contribution in [-0.2, 0) is 4.74 Å². The second-order valence-electron chi connectivity index (χ2n) is 6.59. The summed E-state index contributed by atoms with van der Waals surface area (Å²) in [4.78, 5) is 14.0. The fourth-order valence-electron chi connectivity index (χ4n) is 2.44. The number of ether oxygens (including phenoxy) is 2. The van der Waals surface area contributed by atoms with Crippen LogP contribution in [0.25, 0.3) is 0 Å². The first-order chi connectivity index (χ1) is 10.4. The van der Waals surface area contributed by atoms with Crippen molar-refractivity contribution in [3.8, 4) is 5.75 Å². The van der Waals surface area contributed by atoms with Crippen molar-refractivity contribution in [2.45, 2.75) is 38.8 Å². The van der Waals surface area contributed by atoms with Crippen molar-refractivity contribution >= 4 is 6.09 Å². The molecular weight excluding hydrogens is 280 g/mol. The van der Waals surface area contributed by atoms with Gasteiger partial charge in [-0.15, -0.1) is 0 Å². The van der Waals surface area contributed by atoms with E-state index in [0.717, 1.165) is 31.8 Å². The first kappa shape index (κ1) is 16.6. The Labute approximate surface area is 132 Å². The number of nitrogens with one attached hydrogen (secondary N) is 1. The molecule has 0 aliphatic carbocycles. The lowest BCUT2D eigenvalue weighted by atomic mass is 10.2. The van der Waals surface area contributed by atoms with Crippen LogP contribution in [0.3, 0.4) is 0 Å². The van der Waals surface area contributed by atoms with Crippen molar-refractivity contribution in [3.63, 3.8) is 0 Å². The fourth-order valence-corrected chi connectivity index (χ4v) is 2.44. The minimum Gasteiger partial charge on any atom is -0.492 e. The molecule has 0 bridgehead atoms. The summed E-state index contributed by atoms with van der Waals surface area (Å²) in [6, 6.07) is 9.97. The van der Waals surface area contributed by atoms with Gasteiger partial charge in [-0.25, -0.2) is 4.79 Å². The van der Waals surface area contributed by atoms with Gasteiger partial charge in [-0.3, -0.25) is 4.90 Å². The standard InChI is InChI=1S/C17H26N2O3/c1-17(2,3)22-16(20)18-14-9-10-19(13-14)11-12-21-15-7-5-4-6-8-15/h4-8,14H,9-13H2,1-3H3,(H,18,20)/t14-/m1/s1. The molecule has 0 saturated carbocycles. The SMILES string of the molecule is CC(C)(C)OC(=O)N[C@@H]1CCN(CCOc2ccccc2)C1. The van der Waals surface area contributed by atoms with Crippen molar-refractivity contribution in [2.75, 3.05) is 26.2 Å². The Balaban J connectivity index is 1.64. The summed E-state index contributed by atoms with van der Waals surface area (Å²) >= 11 is 0. The number of likely N-dealkylation sites (tertiary alicyclic amines) is 1. The molecule has 5 heteroatoms. The zero-order valence-electron chi connectivity index (χ0n) is 13.7. The van der Waals surface area contributed by atoms with E-state index in [9.17, 15) is 4.79 Å². The van der Waals surface area contributed by atoms with Gasteiger partial charge < -0.3 is 14.8 Å². The number of hydrogen-bond donors (Lipinski definition) is 1. The molecule has 1 aromatic carbocycles. The maximum absolute atomic E-state index is 11.7. The van der Waals surface area contributed by atoms with Crippen LogP contribution in [0, 0.1) is 0 Å². The molecule has 5 nitrogen and oxygen atoms in total. The Morgan fingerprint density at radius 1 is 1.32 bits per heavy atom. The highest BCUT2D eigenvalue weighted by atomic mass is 16.6. The lowest BCUT2D eigenvalue weighted by Gasteiger charge is -2.22. The van der Waals surface area contributed by atoms with Gasteiger partial charge >= 0.3 is 6.09 Å². The van der Waals surface area contributed by atoms with E-state index in [-0.39, 0.29) is 12.1 Å². The molecule has 2 rings (SSSR count). The molecule has 1 heterocycles. The highest BCUT2D eigenvalue weighted by Gasteiger charge is 2.25. The monoisotopic (exact) mass is 306 g/mol. The number of rotatable bonds is 5. The number of carbonyl (C=O) groups excluding carboxylic acids is 1. The molecule has 22 heavy (non-hydrogen) atoms. The van der Waals surface area contributed by atoms with E-state index in [2.05, 4.69) is 10.2 Å². The van der Waals surface area contributed by atoms with Crippen LogP contribution in [0.4, 0.5) is 4.79 Å². The molecule has 1 aromatic rings. The van der Waals surface area contributed by atoms with E-state index in [4.69, 9.17) is 9.47 Å². The van der Waals surface area contributed by atoms with Gasteiger partial charge in [-0.05, 0) is 39.3 Å². The summed E-state index contributed by atoms with van der Waals surface area (Å²) in [6.45, 7) is 8.94. The summed E-state index contributed by atoms with van der Waals surface area (Å²) in [5.74, 6) is 0.894. The second-order valence-corrected chi connectivity index (χ2v) is 6.59. The van der Waals surface area contributed by atoms with Crippen LogP contribution in [0.5, 0.6) is 5.75 Å². The lowest BCUT2D eigenvalue weighted by Crippen LogP contribution is -2.40. The van der Waals surface area contributed by atoms with Crippen molar-refractivity contribution in [3.05, 3.63) is 30.3 Å². The Kier molecular flexibility index (Phi) is 5.66. The topological polar surface area (TPSA) is 50.8 Å². The molecule has 0 unspecified atom stereocenters. The van der Waals surface area contributed by atoms with Gasteiger partial charge in [0.05, 0.1) is 0 Å². The van der Waals surface area contributed by atoms with Gasteiger partial charge in [0.2, 0.25) is 0 Å². The average molecular weight is 306 g/mol. The summed E-state index contributed by atoms with van der Waals surface area (Å²) in [5.41, 5.74) is -0.452. The first-order valence-electron chi connectivity index (χ1n) is 7.82. The molecule has 1 aliphatic rings. The number of para-hydroxylation sites is 1. The molecule has 1 aliphatic heterocycles. The Bertz CT molecular complexity index is 471. The molecule has 122 valence electrons. The quantitative estimate of drug-likeness (QED) is 0.908. The first-order valence-corrected chi connectivity index (χ1v) is 7.82. The van der Waals surface area contributed by atoms with Gasteiger partial charge in [-0.1, -0.05) is 18.2 Å². The van der Waals surface area contributed by atoms with Gasteiger partial charge in [0.25, 0.3) is 0 Å². The summed E-state index contributed by atoms with van der Waals surface area (Å²) in [7, 11) is 0.